The van der Waals surface area contributed by atoms with E-state index >= 15 is 0 Å². The van der Waals surface area contributed by atoms with Gasteiger partial charge in [-0.05, 0) is 68.6 Å². The van der Waals surface area contributed by atoms with Gasteiger partial charge in [0.1, 0.15) is 23.8 Å². The fourth-order valence-corrected chi connectivity index (χ4v) is 7.93. The number of ketones is 1. The summed E-state index contributed by atoms with van der Waals surface area (Å²) >= 11 is 0. The SMILES string of the molecule is CCC[C@@H](NC(=O)[C@@H]1C2CCCC2CN1C(=O)[C@@H](NC(=O)[C@H](NC(=O)c1cnccn1)C1CCCCC1)C(C)CC)C(=O)C(=O)NC1CC1. The highest BCUT2D eigenvalue weighted by Gasteiger charge is 2.51. The maximum absolute atomic E-state index is 14.5. The van der Waals surface area contributed by atoms with Gasteiger partial charge in [0.25, 0.3) is 11.8 Å². The summed E-state index contributed by atoms with van der Waals surface area (Å²) in [5.41, 5.74) is 0.105. The summed E-state index contributed by atoms with van der Waals surface area (Å²) in [6.07, 6.45) is 14.5. The van der Waals surface area contributed by atoms with Crippen LogP contribution < -0.4 is 21.3 Å². The fourth-order valence-electron chi connectivity index (χ4n) is 7.93. The number of hydrogen-bond acceptors (Lipinski definition) is 8. The molecule has 3 unspecified atom stereocenters. The molecule has 0 aromatic carbocycles. The fraction of sp³-hybridized carbons (Fsp3) is 0.722. The molecule has 1 aliphatic heterocycles. The first kappa shape index (κ1) is 36.4. The molecule has 268 valence electrons. The van der Waals surface area contributed by atoms with E-state index in [9.17, 15) is 28.8 Å². The van der Waals surface area contributed by atoms with E-state index in [0.717, 1.165) is 64.2 Å². The van der Waals surface area contributed by atoms with E-state index in [2.05, 4.69) is 31.2 Å². The predicted molar refractivity (Wildman–Crippen MR) is 181 cm³/mol. The molecule has 2 heterocycles. The minimum absolute atomic E-state index is 0.0161. The summed E-state index contributed by atoms with van der Waals surface area (Å²) in [7, 11) is 0. The van der Waals surface area contributed by atoms with Crippen LogP contribution in [0.2, 0.25) is 0 Å². The molecule has 7 atom stereocenters. The molecule has 4 N–H and O–H groups in total. The Labute approximate surface area is 288 Å². The normalized spacial score (nSPS) is 24.6. The summed E-state index contributed by atoms with van der Waals surface area (Å²) < 4.78 is 0. The Morgan fingerprint density at radius 2 is 1.65 bits per heavy atom. The molecule has 13 nitrogen and oxygen atoms in total. The number of hydrogen-bond donors (Lipinski definition) is 4. The molecular weight excluding hydrogens is 626 g/mol. The van der Waals surface area contributed by atoms with Crippen LogP contribution in [-0.2, 0) is 24.0 Å². The lowest BCUT2D eigenvalue weighted by Crippen LogP contribution is -2.61. The van der Waals surface area contributed by atoms with Gasteiger partial charge >= 0.3 is 0 Å². The molecule has 3 aliphatic carbocycles. The van der Waals surface area contributed by atoms with Crippen LogP contribution in [0.4, 0.5) is 0 Å². The minimum atomic E-state index is -0.979. The zero-order valence-corrected chi connectivity index (χ0v) is 29.1. The number of carbonyl (C=O) groups is 6. The molecule has 0 radical (unpaired) electrons. The molecule has 13 heteroatoms. The Morgan fingerprint density at radius 1 is 0.898 bits per heavy atom. The van der Waals surface area contributed by atoms with Gasteiger partial charge in [-0.3, -0.25) is 33.8 Å². The van der Waals surface area contributed by atoms with Crippen molar-refractivity contribution in [3.63, 3.8) is 0 Å². The van der Waals surface area contributed by atoms with Gasteiger partial charge in [-0.1, -0.05) is 59.3 Å². The van der Waals surface area contributed by atoms with Crippen LogP contribution in [0, 0.1) is 23.7 Å². The van der Waals surface area contributed by atoms with E-state index < -0.39 is 53.6 Å². The second-order valence-corrected chi connectivity index (χ2v) is 14.6. The lowest BCUT2D eigenvalue weighted by Gasteiger charge is -2.35. The number of Topliss-reactive ketones (excluding diaryl/α,β-unsaturated/α-hetero) is 1. The average Bonchev–Trinajstić information content (AvgIpc) is 3.69. The molecule has 4 aliphatic rings. The number of fused-ring (bicyclic) bond motifs is 1. The Bertz CT molecular complexity index is 1360. The number of rotatable bonds is 15. The summed E-state index contributed by atoms with van der Waals surface area (Å²) in [6, 6.07) is -3.57. The number of nitrogens with one attached hydrogen (secondary N) is 4. The molecule has 3 saturated carbocycles. The second-order valence-electron chi connectivity index (χ2n) is 14.6. The van der Waals surface area contributed by atoms with Gasteiger partial charge in [0.05, 0.1) is 12.2 Å². The van der Waals surface area contributed by atoms with Gasteiger partial charge in [-0.2, -0.15) is 0 Å². The third-order valence-electron chi connectivity index (χ3n) is 11.1. The van der Waals surface area contributed by atoms with Crippen LogP contribution >= 0.6 is 0 Å². The minimum Gasteiger partial charge on any atom is -0.347 e. The number of amides is 5. The van der Waals surface area contributed by atoms with E-state index in [0.29, 0.717) is 25.8 Å². The number of nitrogens with zero attached hydrogens (tertiary/aromatic N) is 3. The van der Waals surface area contributed by atoms with Gasteiger partial charge in [0, 0.05) is 25.0 Å². The van der Waals surface area contributed by atoms with Crippen LogP contribution in [0.15, 0.2) is 18.6 Å². The maximum atomic E-state index is 14.5. The van der Waals surface area contributed by atoms with Crippen LogP contribution in [0.3, 0.4) is 0 Å². The van der Waals surface area contributed by atoms with E-state index in [1.807, 2.05) is 20.8 Å². The Morgan fingerprint density at radius 3 is 2.31 bits per heavy atom. The molecule has 4 fully saturated rings. The number of aromatic nitrogens is 2. The van der Waals surface area contributed by atoms with Crippen molar-refractivity contribution in [1.29, 1.82) is 0 Å². The smallest absolute Gasteiger partial charge is 0.289 e. The van der Waals surface area contributed by atoms with Gasteiger partial charge < -0.3 is 26.2 Å². The summed E-state index contributed by atoms with van der Waals surface area (Å²) in [5.74, 6) is -3.36. The highest BCUT2D eigenvalue weighted by Crippen LogP contribution is 2.43. The van der Waals surface area contributed by atoms with Crippen molar-refractivity contribution in [1.82, 2.24) is 36.1 Å². The second kappa shape index (κ2) is 16.7. The molecule has 5 amide bonds. The van der Waals surface area contributed by atoms with Gasteiger partial charge in [0.15, 0.2) is 0 Å². The molecule has 1 aromatic rings. The van der Waals surface area contributed by atoms with E-state index in [1.165, 1.54) is 18.6 Å². The highest BCUT2D eigenvalue weighted by molar-refractivity contribution is 6.38. The van der Waals surface area contributed by atoms with Crippen molar-refractivity contribution in [3.05, 3.63) is 24.3 Å². The molecule has 0 spiro atoms. The van der Waals surface area contributed by atoms with Crippen molar-refractivity contribution in [2.45, 2.75) is 134 Å². The quantitative estimate of drug-likeness (QED) is 0.204. The first-order chi connectivity index (χ1) is 23.6. The standard InChI is InChI=1S/C36H53N7O6/c1-4-10-26(31(44)35(48)39-24-15-16-24)40-34(47)30-25-14-9-13-23(25)20-43(30)36(49)28(21(3)5-2)41-33(46)29(22-11-7-6-8-12-22)42-32(45)27-19-37-17-18-38-27/h17-19,21-26,28-30H,4-16,20H2,1-3H3,(H,39,48)(H,40,47)(H,41,46)(H,42,45)/t21?,23?,25?,26-,28+,29-,30+/m1/s1. The lowest BCUT2D eigenvalue weighted by molar-refractivity contribution is -0.145. The average molecular weight is 680 g/mol. The largest absolute Gasteiger partial charge is 0.347 e. The topological polar surface area (TPSA) is 180 Å². The van der Waals surface area contributed by atoms with Crippen molar-refractivity contribution >= 4 is 35.3 Å². The molecular formula is C36H53N7O6. The Kier molecular flexibility index (Phi) is 12.4. The number of carbonyl (C=O) groups excluding carboxylic acids is 6. The van der Waals surface area contributed by atoms with Gasteiger partial charge in [-0.25, -0.2) is 4.98 Å². The van der Waals surface area contributed by atoms with Crippen molar-refractivity contribution in [2.75, 3.05) is 6.54 Å². The van der Waals surface area contributed by atoms with Gasteiger partial charge in [-0.15, -0.1) is 0 Å². The van der Waals surface area contributed by atoms with Crippen molar-refractivity contribution in [3.8, 4) is 0 Å². The first-order valence-electron chi connectivity index (χ1n) is 18.5. The molecule has 49 heavy (non-hydrogen) atoms. The molecule has 1 aromatic heterocycles. The Balaban J connectivity index is 1.35. The summed E-state index contributed by atoms with van der Waals surface area (Å²) in [4.78, 5) is 91.3. The highest BCUT2D eigenvalue weighted by atomic mass is 16.2. The first-order valence-corrected chi connectivity index (χ1v) is 18.5. The zero-order valence-electron chi connectivity index (χ0n) is 29.1. The van der Waals surface area contributed by atoms with E-state index in [4.69, 9.17) is 0 Å². The molecule has 1 saturated heterocycles. The maximum Gasteiger partial charge on any atom is 0.289 e. The third-order valence-corrected chi connectivity index (χ3v) is 11.1. The lowest BCUT2D eigenvalue weighted by atomic mass is 9.83. The zero-order chi connectivity index (χ0) is 35.1. The number of likely N-dealkylation sites (tertiary alicyclic amines) is 1. The monoisotopic (exact) mass is 679 g/mol. The van der Waals surface area contributed by atoms with Crippen LogP contribution in [0.1, 0.15) is 115 Å². The van der Waals surface area contributed by atoms with Crippen LogP contribution in [0.5, 0.6) is 0 Å². The van der Waals surface area contributed by atoms with Crippen molar-refractivity contribution in [2.24, 2.45) is 23.7 Å². The van der Waals surface area contributed by atoms with Gasteiger partial charge in [0.2, 0.25) is 23.5 Å². The summed E-state index contributed by atoms with van der Waals surface area (Å²) in [5, 5.41) is 11.5. The van der Waals surface area contributed by atoms with E-state index in [1.54, 1.807) is 4.90 Å². The molecule has 0 bridgehead atoms. The van der Waals surface area contributed by atoms with Crippen LogP contribution in [-0.4, -0.2) is 86.9 Å². The van der Waals surface area contributed by atoms with Crippen LogP contribution in [0.25, 0.3) is 0 Å². The van der Waals surface area contributed by atoms with E-state index in [-0.39, 0.29) is 41.3 Å². The Hall–Kier alpha value is -3.90. The predicted octanol–water partition coefficient (Wildman–Crippen LogP) is 2.45. The third kappa shape index (κ3) is 8.83. The van der Waals surface area contributed by atoms with Crippen molar-refractivity contribution < 1.29 is 28.8 Å². The summed E-state index contributed by atoms with van der Waals surface area (Å²) in [6.45, 7) is 6.12. The molecule has 5 rings (SSSR count).